The Morgan fingerprint density at radius 1 is 1.15 bits per heavy atom. The Kier molecular flexibility index (Phi) is 5.53. The van der Waals surface area contributed by atoms with E-state index < -0.39 is 10.0 Å². The summed E-state index contributed by atoms with van der Waals surface area (Å²) in [6, 6.07) is 12.2. The molecule has 0 atom stereocenters. The van der Waals surface area contributed by atoms with E-state index in [0.29, 0.717) is 35.7 Å². The molecule has 0 bridgehead atoms. The second kappa shape index (κ2) is 7.68. The van der Waals surface area contributed by atoms with Gasteiger partial charge in [0, 0.05) is 29.4 Å². The van der Waals surface area contributed by atoms with Crippen LogP contribution in [-0.4, -0.2) is 20.9 Å². The van der Waals surface area contributed by atoms with Crippen molar-refractivity contribution in [3.63, 3.8) is 0 Å². The molecule has 1 heterocycles. The van der Waals surface area contributed by atoms with Crippen LogP contribution in [0.1, 0.15) is 30.9 Å². The van der Waals surface area contributed by atoms with Gasteiger partial charge in [-0.15, -0.1) is 0 Å². The first kappa shape index (κ1) is 18.7. The summed E-state index contributed by atoms with van der Waals surface area (Å²) < 4.78 is 27.6. The molecule has 5 nitrogen and oxygen atoms in total. The fourth-order valence-electron chi connectivity index (χ4n) is 3.13. The summed E-state index contributed by atoms with van der Waals surface area (Å²) >= 11 is 6.06. The number of anilines is 2. The molecule has 3 rings (SSSR count). The molecular formula is C19H21ClN2O3S. The molecular weight excluding hydrogens is 372 g/mol. The van der Waals surface area contributed by atoms with Gasteiger partial charge in [-0.3, -0.25) is 9.52 Å². The third kappa shape index (κ3) is 4.19. The van der Waals surface area contributed by atoms with Gasteiger partial charge >= 0.3 is 0 Å². The minimum atomic E-state index is -3.59. The van der Waals surface area contributed by atoms with Crippen LogP contribution in [0.3, 0.4) is 0 Å². The molecule has 1 aliphatic heterocycles. The van der Waals surface area contributed by atoms with Crippen molar-refractivity contribution in [1.29, 1.82) is 0 Å². The van der Waals surface area contributed by atoms with Crippen molar-refractivity contribution in [2.45, 2.75) is 31.9 Å². The normalized spacial score (nSPS) is 14.2. The van der Waals surface area contributed by atoms with E-state index in [0.717, 1.165) is 17.7 Å². The minimum absolute atomic E-state index is 0.117. The highest BCUT2D eigenvalue weighted by Gasteiger charge is 2.24. The maximum atomic E-state index is 12.5. The van der Waals surface area contributed by atoms with Crippen molar-refractivity contribution in [3.05, 3.63) is 58.6 Å². The van der Waals surface area contributed by atoms with E-state index in [9.17, 15) is 13.2 Å². The molecule has 0 aliphatic carbocycles. The zero-order chi connectivity index (χ0) is 18.7. The van der Waals surface area contributed by atoms with Crippen molar-refractivity contribution < 1.29 is 13.2 Å². The van der Waals surface area contributed by atoms with Gasteiger partial charge in [0.1, 0.15) is 0 Å². The standard InChI is InChI=1S/C19H21ClN2O3S/c1-2-11-22-18-9-8-16(12-14(18)7-10-19(22)23)21-26(24,25)13-15-5-3-4-6-17(15)20/h3-6,8-9,12,21H,2,7,10-11,13H2,1H3. The molecule has 1 aliphatic rings. The van der Waals surface area contributed by atoms with Crippen LogP contribution in [0, 0.1) is 0 Å². The number of carbonyl (C=O) groups excluding carboxylic acids is 1. The van der Waals surface area contributed by atoms with Gasteiger partial charge in [0.05, 0.1) is 5.75 Å². The van der Waals surface area contributed by atoms with Crippen LogP contribution in [0.25, 0.3) is 0 Å². The van der Waals surface area contributed by atoms with Crippen molar-refractivity contribution in [2.24, 2.45) is 0 Å². The SMILES string of the molecule is CCCN1C(=O)CCc2cc(NS(=O)(=O)Cc3ccccc3Cl)ccc21. The van der Waals surface area contributed by atoms with E-state index in [2.05, 4.69) is 4.72 Å². The number of benzene rings is 2. The number of amides is 1. The van der Waals surface area contributed by atoms with Crippen LogP contribution in [0.15, 0.2) is 42.5 Å². The van der Waals surface area contributed by atoms with Gasteiger partial charge in [0.2, 0.25) is 15.9 Å². The smallest absolute Gasteiger partial charge is 0.236 e. The van der Waals surface area contributed by atoms with Crippen LogP contribution in [-0.2, 0) is 27.0 Å². The molecule has 0 saturated carbocycles. The summed E-state index contributed by atoms with van der Waals surface area (Å²) in [7, 11) is -3.59. The highest BCUT2D eigenvalue weighted by molar-refractivity contribution is 7.91. The van der Waals surface area contributed by atoms with Crippen molar-refractivity contribution in [1.82, 2.24) is 0 Å². The van der Waals surface area contributed by atoms with Crippen molar-refractivity contribution >= 4 is 38.9 Å². The summed E-state index contributed by atoms with van der Waals surface area (Å²) in [5.41, 5.74) is 2.91. The third-order valence-electron chi connectivity index (χ3n) is 4.30. The fraction of sp³-hybridized carbons (Fsp3) is 0.316. The molecule has 1 N–H and O–H groups in total. The number of fused-ring (bicyclic) bond motifs is 1. The number of sulfonamides is 1. The lowest BCUT2D eigenvalue weighted by Crippen LogP contribution is -2.35. The van der Waals surface area contributed by atoms with E-state index in [1.807, 2.05) is 19.1 Å². The Morgan fingerprint density at radius 2 is 1.92 bits per heavy atom. The molecule has 0 spiro atoms. The quantitative estimate of drug-likeness (QED) is 0.808. The second-order valence-corrected chi connectivity index (χ2v) is 8.47. The predicted octanol–water partition coefficient (Wildman–Crippen LogP) is 3.97. The van der Waals surface area contributed by atoms with Gasteiger partial charge in [-0.1, -0.05) is 36.7 Å². The molecule has 0 aromatic heterocycles. The van der Waals surface area contributed by atoms with Gasteiger partial charge < -0.3 is 4.90 Å². The largest absolute Gasteiger partial charge is 0.312 e. The predicted molar refractivity (Wildman–Crippen MR) is 105 cm³/mol. The zero-order valence-corrected chi connectivity index (χ0v) is 16.1. The van der Waals surface area contributed by atoms with Gasteiger partial charge in [0.15, 0.2) is 0 Å². The summed E-state index contributed by atoms with van der Waals surface area (Å²) in [6.07, 6.45) is 1.94. The highest BCUT2D eigenvalue weighted by atomic mass is 35.5. The van der Waals surface area contributed by atoms with Crippen molar-refractivity contribution in [3.8, 4) is 0 Å². The maximum absolute atomic E-state index is 12.5. The molecule has 0 fully saturated rings. The number of aryl methyl sites for hydroxylation is 1. The Hall–Kier alpha value is -2.05. The summed E-state index contributed by atoms with van der Waals surface area (Å²) in [6.45, 7) is 2.70. The van der Waals surface area contributed by atoms with Gasteiger partial charge in [-0.25, -0.2) is 8.42 Å². The van der Waals surface area contributed by atoms with Crippen LogP contribution in [0.4, 0.5) is 11.4 Å². The van der Waals surface area contributed by atoms with E-state index in [4.69, 9.17) is 11.6 Å². The minimum Gasteiger partial charge on any atom is -0.312 e. The van der Waals surface area contributed by atoms with Crippen molar-refractivity contribution in [2.75, 3.05) is 16.2 Å². The maximum Gasteiger partial charge on any atom is 0.236 e. The lowest BCUT2D eigenvalue weighted by molar-refractivity contribution is -0.118. The second-order valence-electron chi connectivity index (χ2n) is 6.34. The van der Waals surface area contributed by atoms with Crippen LogP contribution in [0.5, 0.6) is 0 Å². The third-order valence-corrected chi connectivity index (χ3v) is 5.91. The average Bonchev–Trinajstić information content (AvgIpc) is 2.59. The van der Waals surface area contributed by atoms with Gasteiger partial charge in [-0.2, -0.15) is 0 Å². The molecule has 0 radical (unpaired) electrons. The van der Waals surface area contributed by atoms with Crippen LogP contribution in [0.2, 0.25) is 5.02 Å². The molecule has 0 unspecified atom stereocenters. The Morgan fingerprint density at radius 3 is 2.65 bits per heavy atom. The van der Waals surface area contributed by atoms with E-state index in [-0.39, 0.29) is 11.7 Å². The Balaban J connectivity index is 1.81. The van der Waals surface area contributed by atoms with Gasteiger partial charge in [0.25, 0.3) is 0 Å². The molecule has 0 saturated heterocycles. The molecule has 26 heavy (non-hydrogen) atoms. The van der Waals surface area contributed by atoms with Gasteiger partial charge in [-0.05, 0) is 48.2 Å². The van der Waals surface area contributed by atoms with E-state index in [1.54, 1.807) is 35.2 Å². The molecule has 138 valence electrons. The first-order valence-electron chi connectivity index (χ1n) is 8.57. The van der Waals surface area contributed by atoms with Crippen LogP contribution < -0.4 is 9.62 Å². The molecule has 7 heteroatoms. The van der Waals surface area contributed by atoms with E-state index >= 15 is 0 Å². The number of carbonyl (C=O) groups is 1. The number of hydrogen-bond acceptors (Lipinski definition) is 3. The molecule has 2 aromatic rings. The number of nitrogens with one attached hydrogen (secondary N) is 1. The Labute approximate surface area is 159 Å². The van der Waals surface area contributed by atoms with Crippen LogP contribution >= 0.6 is 11.6 Å². The Bertz CT molecular complexity index is 928. The summed E-state index contributed by atoms with van der Waals surface area (Å²) in [5.74, 6) is -0.0732. The monoisotopic (exact) mass is 392 g/mol. The zero-order valence-electron chi connectivity index (χ0n) is 14.5. The highest BCUT2D eigenvalue weighted by Crippen LogP contribution is 2.31. The summed E-state index contributed by atoms with van der Waals surface area (Å²) in [4.78, 5) is 13.9. The van der Waals surface area contributed by atoms with E-state index in [1.165, 1.54) is 0 Å². The first-order valence-corrected chi connectivity index (χ1v) is 10.6. The number of rotatable bonds is 6. The lowest BCUT2D eigenvalue weighted by atomic mass is 10.0. The average molecular weight is 393 g/mol. The summed E-state index contributed by atoms with van der Waals surface area (Å²) in [5, 5.41) is 0.428. The molecule has 1 amide bonds. The number of halogens is 1. The number of hydrogen-bond donors (Lipinski definition) is 1. The first-order chi connectivity index (χ1) is 12.4. The topological polar surface area (TPSA) is 66.5 Å². The molecule has 2 aromatic carbocycles. The lowest BCUT2D eigenvalue weighted by Gasteiger charge is -2.29. The number of nitrogens with zero attached hydrogens (tertiary/aromatic N) is 1. The fourth-order valence-corrected chi connectivity index (χ4v) is 4.63.